The van der Waals surface area contributed by atoms with E-state index in [1.54, 1.807) is 13.3 Å². The number of rotatable bonds is 7. The Labute approximate surface area is 182 Å². The smallest absolute Gasteiger partial charge is 0.191 e. The Morgan fingerprint density at radius 1 is 1.20 bits per heavy atom. The van der Waals surface area contributed by atoms with Crippen LogP contribution in [0.5, 0.6) is 11.5 Å². The topological polar surface area (TPSA) is 71.3 Å². The molecule has 162 valence electrons. The molecule has 0 saturated carbocycles. The maximum absolute atomic E-state index is 6.34. The van der Waals surface area contributed by atoms with Crippen LogP contribution in [0.2, 0.25) is 5.02 Å². The van der Waals surface area contributed by atoms with E-state index >= 15 is 0 Å². The molecule has 2 aromatic rings. The number of ether oxygens (including phenoxy) is 2. The lowest BCUT2D eigenvalue weighted by Gasteiger charge is -2.26. The largest absolute Gasteiger partial charge is 0.486 e. The van der Waals surface area contributed by atoms with Crippen molar-refractivity contribution in [1.82, 2.24) is 15.5 Å². The number of fused-ring (bicyclic) bond motifs is 1. The van der Waals surface area contributed by atoms with Gasteiger partial charge in [-0.2, -0.15) is 0 Å². The molecule has 0 bridgehead atoms. The second kappa shape index (κ2) is 10.1. The normalized spacial score (nSPS) is 17.7. The zero-order valence-electron chi connectivity index (χ0n) is 17.3. The lowest BCUT2D eigenvalue weighted by atomic mass is 10.1. The first kappa shape index (κ1) is 20.9. The third-order valence-corrected chi connectivity index (χ3v) is 5.78. The van der Waals surface area contributed by atoms with Crippen LogP contribution in [0.4, 0.5) is 0 Å². The molecule has 3 heterocycles. The number of benzene rings is 1. The third-order valence-electron chi connectivity index (χ3n) is 5.50. The molecule has 4 rings (SSSR count). The van der Waals surface area contributed by atoms with Crippen molar-refractivity contribution in [2.75, 3.05) is 46.4 Å². The van der Waals surface area contributed by atoms with Crippen molar-refractivity contribution in [1.29, 1.82) is 0 Å². The molecule has 2 N–H and O–H groups in total. The van der Waals surface area contributed by atoms with E-state index in [0.717, 1.165) is 55.6 Å². The molecule has 1 aromatic heterocycles. The number of halogens is 1. The van der Waals surface area contributed by atoms with E-state index in [-0.39, 0.29) is 6.04 Å². The van der Waals surface area contributed by atoms with Gasteiger partial charge in [0.25, 0.3) is 0 Å². The number of nitrogens with zero attached hydrogens (tertiary/aromatic N) is 2. The highest BCUT2D eigenvalue weighted by atomic mass is 35.5. The monoisotopic (exact) mass is 432 g/mol. The Hall–Kier alpha value is -2.38. The van der Waals surface area contributed by atoms with E-state index in [0.29, 0.717) is 24.0 Å². The summed E-state index contributed by atoms with van der Waals surface area (Å²) >= 11 is 6.34. The average Bonchev–Trinajstić information content (AvgIpc) is 3.48. The highest BCUT2D eigenvalue weighted by Gasteiger charge is 2.25. The number of likely N-dealkylation sites (tertiary alicyclic amines) is 1. The van der Waals surface area contributed by atoms with Crippen molar-refractivity contribution in [3.05, 3.63) is 46.9 Å². The average molecular weight is 433 g/mol. The zero-order chi connectivity index (χ0) is 20.8. The molecule has 1 aromatic carbocycles. The summed E-state index contributed by atoms with van der Waals surface area (Å²) in [5.74, 6) is 3.13. The van der Waals surface area contributed by atoms with Gasteiger partial charge in [-0.05, 0) is 62.2 Å². The van der Waals surface area contributed by atoms with Crippen molar-refractivity contribution in [3.8, 4) is 11.5 Å². The van der Waals surface area contributed by atoms with Crippen LogP contribution in [-0.2, 0) is 6.42 Å². The van der Waals surface area contributed by atoms with E-state index in [4.69, 9.17) is 25.5 Å². The Morgan fingerprint density at radius 3 is 2.80 bits per heavy atom. The summed E-state index contributed by atoms with van der Waals surface area (Å²) in [7, 11) is 1.79. The number of nitrogens with one attached hydrogen (secondary N) is 2. The molecule has 7 nitrogen and oxygen atoms in total. The molecular formula is C22H29ClN4O3. The Morgan fingerprint density at radius 2 is 2.03 bits per heavy atom. The molecular weight excluding hydrogens is 404 g/mol. The molecule has 2 aliphatic rings. The van der Waals surface area contributed by atoms with Crippen molar-refractivity contribution < 1.29 is 13.9 Å². The van der Waals surface area contributed by atoms with E-state index < -0.39 is 0 Å². The molecule has 1 saturated heterocycles. The van der Waals surface area contributed by atoms with E-state index in [1.165, 1.54) is 12.8 Å². The van der Waals surface area contributed by atoms with E-state index in [1.807, 2.05) is 24.3 Å². The predicted molar refractivity (Wildman–Crippen MR) is 118 cm³/mol. The van der Waals surface area contributed by atoms with Crippen LogP contribution in [-0.4, -0.2) is 57.3 Å². The first-order valence-corrected chi connectivity index (χ1v) is 10.9. The quantitative estimate of drug-likeness (QED) is 0.517. The highest BCUT2D eigenvalue weighted by molar-refractivity contribution is 6.32. The van der Waals surface area contributed by atoms with Crippen molar-refractivity contribution in [3.63, 3.8) is 0 Å². The fraction of sp³-hybridized carbons (Fsp3) is 0.500. The van der Waals surface area contributed by atoms with Crippen LogP contribution in [0.15, 0.2) is 39.9 Å². The van der Waals surface area contributed by atoms with Gasteiger partial charge in [0, 0.05) is 20.1 Å². The number of hydrogen-bond acceptors (Lipinski definition) is 5. The van der Waals surface area contributed by atoms with Crippen LogP contribution in [0.3, 0.4) is 0 Å². The maximum atomic E-state index is 6.34. The molecule has 1 unspecified atom stereocenters. The minimum atomic E-state index is 0.206. The van der Waals surface area contributed by atoms with Crippen LogP contribution >= 0.6 is 11.6 Å². The summed E-state index contributed by atoms with van der Waals surface area (Å²) in [5.41, 5.74) is 1.10. The summed E-state index contributed by atoms with van der Waals surface area (Å²) in [6, 6.07) is 8.14. The maximum Gasteiger partial charge on any atom is 0.191 e. The number of furan rings is 1. The molecule has 0 aliphatic carbocycles. The van der Waals surface area contributed by atoms with E-state index in [2.05, 4.69) is 20.5 Å². The van der Waals surface area contributed by atoms with Gasteiger partial charge in [-0.1, -0.05) is 11.6 Å². The summed E-state index contributed by atoms with van der Waals surface area (Å²) in [4.78, 5) is 6.83. The molecule has 0 amide bonds. The van der Waals surface area contributed by atoms with Crippen LogP contribution in [0.25, 0.3) is 0 Å². The molecule has 1 fully saturated rings. The molecule has 1 atom stereocenters. The van der Waals surface area contributed by atoms with Gasteiger partial charge in [-0.25, -0.2) is 0 Å². The minimum Gasteiger partial charge on any atom is -0.486 e. The third kappa shape index (κ3) is 5.02. The SMILES string of the molecule is CN=C(NCCc1cc(Cl)c2c(c1)OCCO2)NCC(c1ccco1)N1CCCC1. The lowest BCUT2D eigenvalue weighted by Crippen LogP contribution is -2.43. The van der Waals surface area contributed by atoms with Gasteiger partial charge >= 0.3 is 0 Å². The van der Waals surface area contributed by atoms with Crippen LogP contribution in [0, 0.1) is 0 Å². The van der Waals surface area contributed by atoms with Gasteiger partial charge in [-0.3, -0.25) is 9.89 Å². The minimum absolute atomic E-state index is 0.206. The first-order chi connectivity index (χ1) is 14.7. The standard InChI is InChI=1S/C22H29ClN4O3/c1-24-22(26-15-18(19-5-4-10-28-19)27-8-2-3-9-27)25-7-6-16-13-17(23)21-20(14-16)29-11-12-30-21/h4-5,10,13-14,18H,2-3,6-9,11-12,15H2,1H3,(H2,24,25,26). The second-order valence-corrected chi connectivity index (χ2v) is 7.91. The first-order valence-electron chi connectivity index (χ1n) is 10.5. The molecule has 30 heavy (non-hydrogen) atoms. The zero-order valence-corrected chi connectivity index (χ0v) is 18.1. The molecule has 8 heteroatoms. The summed E-state index contributed by atoms with van der Waals surface area (Å²) in [6.07, 6.45) is 5.01. The second-order valence-electron chi connectivity index (χ2n) is 7.51. The van der Waals surface area contributed by atoms with Gasteiger partial charge in [0.1, 0.15) is 19.0 Å². The number of guanidine groups is 1. The van der Waals surface area contributed by atoms with Gasteiger partial charge in [0.15, 0.2) is 17.5 Å². The van der Waals surface area contributed by atoms with Gasteiger partial charge < -0.3 is 24.5 Å². The number of hydrogen-bond donors (Lipinski definition) is 2. The van der Waals surface area contributed by atoms with Gasteiger partial charge in [0.05, 0.1) is 17.3 Å². The predicted octanol–water partition coefficient (Wildman–Crippen LogP) is 3.25. The van der Waals surface area contributed by atoms with Gasteiger partial charge in [0.2, 0.25) is 0 Å². The Balaban J connectivity index is 1.30. The van der Waals surface area contributed by atoms with Crippen LogP contribution < -0.4 is 20.1 Å². The molecule has 2 aliphatic heterocycles. The van der Waals surface area contributed by atoms with Crippen molar-refractivity contribution in [2.45, 2.75) is 25.3 Å². The number of aliphatic imine (C=N–C) groups is 1. The van der Waals surface area contributed by atoms with Crippen molar-refractivity contribution in [2.24, 2.45) is 4.99 Å². The fourth-order valence-electron chi connectivity index (χ4n) is 3.99. The Kier molecular flexibility index (Phi) is 7.02. The van der Waals surface area contributed by atoms with Crippen LogP contribution in [0.1, 0.15) is 30.2 Å². The Bertz CT molecular complexity index is 850. The van der Waals surface area contributed by atoms with E-state index in [9.17, 15) is 0 Å². The molecule has 0 spiro atoms. The van der Waals surface area contributed by atoms with Gasteiger partial charge in [-0.15, -0.1) is 0 Å². The summed E-state index contributed by atoms with van der Waals surface area (Å²) in [6.45, 7) is 4.75. The summed E-state index contributed by atoms with van der Waals surface area (Å²) in [5, 5.41) is 7.43. The summed E-state index contributed by atoms with van der Waals surface area (Å²) < 4.78 is 16.9. The fourth-order valence-corrected chi connectivity index (χ4v) is 4.28. The molecule has 0 radical (unpaired) electrons. The van der Waals surface area contributed by atoms with Crippen molar-refractivity contribution >= 4 is 17.6 Å². The highest BCUT2D eigenvalue weighted by Crippen LogP contribution is 2.38. The lowest BCUT2D eigenvalue weighted by molar-refractivity contribution is 0.171.